The fourth-order valence-electron chi connectivity index (χ4n) is 1.52. The van der Waals surface area contributed by atoms with Crippen LogP contribution in [0.1, 0.15) is 12.8 Å². The van der Waals surface area contributed by atoms with Gasteiger partial charge in [0.25, 0.3) is 0 Å². The minimum absolute atomic E-state index is 0.152. The molecule has 20 heavy (non-hydrogen) atoms. The van der Waals surface area contributed by atoms with E-state index in [1.165, 1.54) is 0 Å². The summed E-state index contributed by atoms with van der Waals surface area (Å²) >= 11 is 5.96. The predicted octanol–water partition coefficient (Wildman–Crippen LogP) is 2.04. The van der Waals surface area contributed by atoms with E-state index < -0.39 is 10.8 Å². The molecule has 0 aromatic heterocycles. The zero-order valence-corrected chi connectivity index (χ0v) is 12.9. The summed E-state index contributed by atoms with van der Waals surface area (Å²) in [5.74, 6) is 0.842. The second kappa shape index (κ2) is 8.94. The maximum atomic E-state index is 11.7. The minimum Gasteiger partial charge on any atom is -0.399 e. The van der Waals surface area contributed by atoms with E-state index in [9.17, 15) is 9.00 Å². The molecule has 0 aliphatic rings. The van der Waals surface area contributed by atoms with Gasteiger partial charge in [-0.15, -0.1) is 0 Å². The van der Waals surface area contributed by atoms with Crippen LogP contribution in [0.25, 0.3) is 0 Å². The molecule has 0 saturated heterocycles. The van der Waals surface area contributed by atoms with E-state index in [2.05, 4.69) is 5.32 Å². The molecule has 112 valence electrons. The van der Waals surface area contributed by atoms with Crippen LogP contribution in [-0.2, 0) is 20.3 Å². The van der Waals surface area contributed by atoms with E-state index in [0.717, 1.165) is 0 Å². The van der Waals surface area contributed by atoms with Gasteiger partial charge in [0.15, 0.2) is 0 Å². The van der Waals surface area contributed by atoms with Gasteiger partial charge >= 0.3 is 0 Å². The third-order valence-electron chi connectivity index (χ3n) is 2.56. The van der Waals surface area contributed by atoms with E-state index in [0.29, 0.717) is 47.4 Å². The monoisotopic (exact) mass is 318 g/mol. The van der Waals surface area contributed by atoms with Crippen molar-refractivity contribution in [2.45, 2.75) is 12.8 Å². The van der Waals surface area contributed by atoms with Crippen LogP contribution in [0.4, 0.5) is 11.4 Å². The molecule has 1 unspecified atom stereocenters. The summed E-state index contributed by atoms with van der Waals surface area (Å²) in [5.41, 5.74) is 6.65. The lowest BCUT2D eigenvalue weighted by molar-refractivity contribution is -0.116. The number of benzene rings is 1. The van der Waals surface area contributed by atoms with E-state index in [4.69, 9.17) is 22.1 Å². The third kappa shape index (κ3) is 6.36. The summed E-state index contributed by atoms with van der Waals surface area (Å²) in [5, 5.41) is 3.11. The Balaban J connectivity index is 2.31. The molecule has 0 fully saturated rings. The van der Waals surface area contributed by atoms with Gasteiger partial charge in [0.1, 0.15) is 0 Å². The van der Waals surface area contributed by atoms with Crippen LogP contribution in [-0.4, -0.2) is 35.3 Å². The smallest absolute Gasteiger partial charge is 0.224 e. The van der Waals surface area contributed by atoms with Gasteiger partial charge in [-0.25, -0.2) is 0 Å². The molecule has 1 atom stereocenters. The fourth-order valence-corrected chi connectivity index (χ4v) is 2.78. The predicted molar refractivity (Wildman–Crippen MR) is 83.5 cm³/mol. The second-order valence-electron chi connectivity index (χ2n) is 4.23. The number of anilines is 2. The summed E-state index contributed by atoms with van der Waals surface area (Å²) in [6.45, 7) is 0.472. The number of hydrogen-bond acceptors (Lipinski definition) is 4. The highest BCUT2D eigenvalue weighted by Gasteiger charge is 2.07. The number of nitrogen functional groups attached to an aromatic ring is 1. The van der Waals surface area contributed by atoms with Crippen molar-refractivity contribution in [3.8, 4) is 0 Å². The molecule has 0 bridgehead atoms. The van der Waals surface area contributed by atoms with Crippen LogP contribution in [0.2, 0.25) is 5.02 Å². The highest BCUT2D eigenvalue weighted by molar-refractivity contribution is 7.84. The number of carbonyl (C=O) groups excluding carboxylic acids is 1. The Morgan fingerprint density at radius 2 is 2.20 bits per heavy atom. The molecule has 7 heteroatoms. The molecule has 0 aliphatic carbocycles. The molecule has 0 saturated carbocycles. The topological polar surface area (TPSA) is 81.4 Å². The standard InChI is InChI=1S/C13H19ClN2O3S/c1-19-6-8-20(18)7-2-3-13(17)16-12-5-4-10(15)9-11(12)14/h4-5,9H,2-3,6-8,15H2,1H3,(H,16,17). The molecule has 0 heterocycles. The Labute approximate surface area is 126 Å². The lowest BCUT2D eigenvalue weighted by Crippen LogP contribution is -2.14. The van der Waals surface area contributed by atoms with Crippen LogP contribution in [0, 0.1) is 0 Å². The van der Waals surface area contributed by atoms with Crippen molar-refractivity contribution in [1.29, 1.82) is 0 Å². The van der Waals surface area contributed by atoms with E-state index in [-0.39, 0.29) is 5.91 Å². The van der Waals surface area contributed by atoms with Crippen molar-refractivity contribution in [2.75, 3.05) is 36.3 Å². The summed E-state index contributed by atoms with van der Waals surface area (Å²) in [6.07, 6.45) is 0.869. The molecule has 1 aromatic rings. The molecule has 1 aromatic carbocycles. The molecule has 5 nitrogen and oxygen atoms in total. The zero-order chi connectivity index (χ0) is 15.0. The van der Waals surface area contributed by atoms with Gasteiger partial charge in [0.2, 0.25) is 5.91 Å². The number of hydrogen-bond donors (Lipinski definition) is 2. The second-order valence-corrected chi connectivity index (χ2v) is 6.34. The molecule has 0 radical (unpaired) electrons. The number of rotatable bonds is 8. The molecule has 1 amide bonds. The normalized spacial score (nSPS) is 12.1. The quantitative estimate of drug-likeness (QED) is 0.719. The first-order valence-corrected chi connectivity index (χ1v) is 8.08. The average molecular weight is 319 g/mol. The van der Waals surface area contributed by atoms with E-state index >= 15 is 0 Å². The molecule has 0 spiro atoms. The van der Waals surface area contributed by atoms with Gasteiger partial charge in [-0.3, -0.25) is 9.00 Å². The highest BCUT2D eigenvalue weighted by Crippen LogP contribution is 2.24. The number of carbonyl (C=O) groups is 1. The van der Waals surface area contributed by atoms with Crippen LogP contribution < -0.4 is 11.1 Å². The van der Waals surface area contributed by atoms with Crippen LogP contribution >= 0.6 is 11.6 Å². The first kappa shape index (κ1) is 16.9. The van der Waals surface area contributed by atoms with E-state index in [1.807, 2.05) is 0 Å². The van der Waals surface area contributed by atoms with Gasteiger partial charge in [-0.1, -0.05) is 11.6 Å². The fraction of sp³-hybridized carbons (Fsp3) is 0.462. The SMILES string of the molecule is COCCS(=O)CCCC(=O)Nc1ccc(N)cc1Cl. The lowest BCUT2D eigenvalue weighted by atomic mass is 10.2. The first-order chi connectivity index (χ1) is 9.52. The zero-order valence-electron chi connectivity index (χ0n) is 11.4. The number of halogens is 1. The van der Waals surface area contributed by atoms with Gasteiger partial charge in [-0.2, -0.15) is 0 Å². The summed E-state index contributed by atoms with van der Waals surface area (Å²) in [6, 6.07) is 4.91. The van der Waals surface area contributed by atoms with E-state index in [1.54, 1.807) is 25.3 Å². The summed E-state index contributed by atoms with van der Waals surface area (Å²) in [7, 11) is 0.633. The summed E-state index contributed by atoms with van der Waals surface area (Å²) < 4.78 is 16.3. The Morgan fingerprint density at radius 1 is 1.45 bits per heavy atom. The maximum absolute atomic E-state index is 11.7. The summed E-state index contributed by atoms with van der Waals surface area (Å²) in [4.78, 5) is 11.7. The molecule has 3 N–H and O–H groups in total. The first-order valence-electron chi connectivity index (χ1n) is 6.21. The number of amides is 1. The van der Waals surface area contributed by atoms with Crippen molar-refractivity contribution in [3.63, 3.8) is 0 Å². The van der Waals surface area contributed by atoms with Gasteiger partial charge in [0, 0.05) is 41.5 Å². The van der Waals surface area contributed by atoms with Crippen LogP contribution in [0.15, 0.2) is 18.2 Å². The van der Waals surface area contributed by atoms with Crippen LogP contribution in [0.3, 0.4) is 0 Å². The van der Waals surface area contributed by atoms with Crippen molar-refractivity contribution in [2.24, 2.45) is 0 Å². The Morgan fingerprint density at radius 3 is 2.85 bits per heavy atom. The number of nitrogens with two attached hydrogens (primary N) is 1. The van der Waals surface area contributed by atoms with Crippen molar-refractivity contribution in [3.05, 3.63) is 23.2 Å². The van der Waals surface area contributed by atoms with Crippen LogP contribution in [0.5, 0.6) is 0 Å². The maximum Gasteiger partial charge on any atom is 0.224 e. The Bertz CT molecular complexity index is 483. The number of ether oxygens (including phenoxy) is 1. The highest BCUT2D eigenvalue weighted by atomic mass is 35.5. The lowest BCUT2D eigenvalue weighted by Gasteiger charge is -2.07. The molecular weight excluding hydrogens is 300 g/mol. The average Bonchev–Trinajstić information content (AvgIpc) is 2.39. The number of nitrogens with one attached hydrogen (secondary N) is 1. The third-order valence-corrected chi connectivity index (χ3v) is 4.24. The molecular formula is C13H19ClN2O3S. The van der Waals surface area contributed by atoms with Gasteiger partial charge < -0.3 is 15.8 Å². The Kier molecular flexibility index (Phi) is 7.58. The van der Waals surface area contributed by atoms with Crippen molar-refractivity contribution >= 4 is 39.7 Å². The molecule has 1 rings (SSSR count). The van der Waals surface area contributed by atoms with Crippen molar-refractivity contribution < 1.29 is 13.7 Å². The Hall–Kier alpha value is -1.11. The largest absolute Gasteiger partial charge is 0.399 e. The van der Waals surface area contributed by atoms with Gasteiger partial charge in [0.05, 0.1) is 17.3 Å². The molecule has 0 aliphatic heterocycles. The minimum atomic E-state index is -0.938. The van der Waals surface area contributed by atoms with Gasteiger partial charge in [-0.05, 0) is 24.6 Å². The number of methoxy groups -OCH3 is 1. The van der Waals surface area contributed by atoms with Crippen molar-refractivity contribution in [1.82, 2.24) is 0 Å².